The van der Waals surface area contributed by atoms with Crippen molar-refractivity contribution in [2.24, 2.45) is 0 Å². The van der Waals surface area contributed by atoms with Crippen LogP contribution in [-0.2, 0) is 11.2 Å². The second kappa shape index (κ2) is 4.49. The highest BCUT2D eigenvalue weighted by atomic mass is 16.4. The van der Waals surface area contributed by atoms with Gasteiger partial charge in [0.2, 0.25) is 5.43 Å². The quantitative estimate of drug-likeness (QED) is 0.726. The molecule has 1 aromatic heterocycles. The summed E-state index contributed by atoms with van der Waals surface area (Å²) >= 11 is 0. The van der Waals surface area contributed by atoms with Crippen LogP contribution in [0.5, 0.6) is 0 Å². The Kier molecular flexibility index (Phi) is 2.79. The highest BCUT2D eigenvalue weighted by molar-refractivity contribution is 5.94. The maximum absolute atomic E-state index is 12.5. The molecule has 20 heavy (non-hydrogen) atoms. The van der Waals surface area contributed by atoms with Crippen molar-refractivity contribution in [3.8, 4) is 0 Å². The van der Waals surface area contributed by atoms with Gasteiger partial charge in [0.05, 0.1) is 17.2 Å². The number of benzene rings is 2. The minimum Gasteiger partial charge on any atom is -0.481 e. The lowest BCUT2D eigenvalue weighted by Gasteiger charge is -2.07. The Hall–Kier alpha value is -2.62. The van der Waals surface area contributed by atoms with E-state index in [4.69, 9.17) is 9.52 Å². The predicted octanol–water partition coefficient (Wildman–Crippen LogP) is 2.88. The van der Waals surface area contributed by atoms with Gasteiger partial charge >= 0.3 is 5.97 Å². The van der Waals surface area contributed by atoms with Gasteiger partial charge in [0.1, 0.15) is 11.2 Å². The first-order valence-corrected chi connectivity index (χ1v) is 6.24. The number of hydrogen-bond acceptors (Lipinski definition) is 3. The summed E-state index contributed by atoms with van der Waals surface area (Å²) in [5, 5.41) is 9.93. The first-order chi connectivity index (χ1) is 9.58. The maximum Gasteiger partial charge on any atom is 0.307 e. The number of aliphatic carboxylic acids is 1. The Balaban J connectivity index is 2.49. The second-order valence-corrected chi connectivity index (χ2v) is 4.74. The normalized spacial score (nSPS) is 11.1. The van der Waals surface area contributed by atoms with Gasteiger partial charge in [-0.05, 0) is 24.6 Å². The topological polar surface area (TPSA) is 67.5 Å². The second-order valence-electron chi connectivity index (χ2n) is 4.74. The van der Waals surface area contributed by atoms with E-state index in [0.717, 1.165) is 5.56 Å². The Morgan fingerprint density at radius 2 is 1.95 bits per heavy atom. The van der Waals surface area contributed by atoms with Crippen LogP contribution in [0.2, 0.25) is 0 Å². The third kappa shape index (κ3) is 1.86. The fraction of sp³-hybridized carbons (Fsp3) is 0.125. The Morgan fingerprint density at radius 3 is 2.70 bits per heavy atom. The summed E-state index contributed by atoms with van der Waals surface area (Å²) < 4.78 is 5.78. The molecule has 0 atom stereocenters. The zero-order valence-corrected chi connectivity index (χ0v) is 10.8. The van der Waals surface area contributed by atoms with E-state index in [-0.39, 0.29) is 11.8 Å². The summed E-state index contributed by atoms with van der Waals surface area (Å²) in [6, 6.07) is 10.4. The number of aryl methyl sites for hydroxylation is 1. The maximum atomic E-state index is 12.5. The monoisotopic (exact) mass is 268 g/mol. The van der Waals surface area contributed by atoms with E-state index < -0.39 is 5.97 Å². The molecular weight excluding hydrogens is 256 g/mol. The molecule has 3 aromatic rings. The van der Waals surface area contributed by atoms with Crippen LogP contribution in [0.15, 0.2) is 45.6 Å². The number of fused-ring (bicyclic) bond motifs is 2. The summed E-state index contributed by atoms with van der Waals surface area (Å²) in [6.45, 7) is 1.82. The van der Waals surface area contributed by atoms with Gasteiger partial charge in [-0.2, -0.15) is 0 Å². The van der Waals surface area contributed by atoms with Crippen LogP contribution in [-0.4, -0.2) is 11.1 Å². The van der Waals surface area contributed by atoms with Gasteiger partial charge in [-0.15, -0.1) is 0 Å². The van der Waals surface area contributed by atoms with Gasteiger partial charge in [-0.1, -0.05) is 24.3 Å². The lowest BCUT2D eigenvalue weighted by molar-refractivity contribution is -0.136. The van der Waals surface area contributed by atoms with Crippen LogP contribution in [0, 0.1) is 6.92 Å². The molecule has 0 unspecified atom stereocenters. The molecule has 0 spiro atoms. The van der Waals surface area contributed by atoms with Crippen LogP contribution >= 0.6 is 0 Å². The molecule has 0 bridgehead atoms. The Labute approximate surface area is 114 Å². The molecule has 0 aliphatic carbocycles. The number of carboxylic acids is 1. The molecule has 0 saturated heterocycles. The molecule has 1 heterocycles. The van der Waals surface area contributed by atoms with Crippen LogP contribution in [0.3, 0.4) is 0 Å². The van der Waals surface area contributed by atoms with Gasteiger partial charge in [0.15, 0.2) is 0 Å². The van der Waals surface area contributed by atoms with Crippen molar-refractivity contribution >= 4 is 27.9 Å². The molecule has 0 radical (unpaired) electrons. The average molecular weight is 268 g/mol. The number of carboxylic acid groups (broad SMARTS) is 1. The van der Waals surface area contributed by atoms with E-state index in [2.05, 4.69) is 0 Å². The lowest BCUT2D eigenvalue weighted by atomic mass is 10.0. The summed E-state index contributed by atoms with van der Waals surface area (Å²) in [5.74, 6) is -0.953. The fourth-order valence-electron chi connectivity index (χ4n) is 2.41. The van der Waals surface area contributed by atoms with E-state index in [1.54, 1.807) is 36.4 Å². The SMILES string of the molecule is Cc1ccc(CC(=O)O)c2oc3ccccc3c(=O)c12. The zero-order chi connectivity index (χ0) is 14.3. The molecule has 0 fully saturated rings. The lowest BCUT2D eigenvalue weighted by Crippen LogP contribution is -2.07. The van der Waals surface area contributed by atoms with Crippen molar-refractivity contribution in [3.05, 3.63) is 57.7 Å². The molecule has 4 heteroatoms. The zero-order valence-electron chi connectivity index (χ0n) is 10.8. The first-order valence-electron chi connectivity index (χ1n) is 6.24. The van der Waals surface area contributed by atoms with E-state index in [0.29, 0.717) is 27.5 Å². The van der Waals surface area contributed by atoms with Crippen molar-refractivity contribution < 1.29 is 14.3 Å². The van der Waals surface area contributed by atoms with Crippen LogP contribution in [0.1, 0.15) is 11.1 Å². The molecule has 0 aliphatic heterocycles. The number of para-hydroxylation sites is 1. The summed E-state index contributed by atoms with van der Waals surface area (Å²) in [7, 11) is 0. The predicted molar refractivity (Wildman–Crippen MR) is 76.1 cm³/mol. The molecule has 1 N–H and O–H groups in total. The largest absolute Gasteiger partial charge is 0.481 e. The molecule has 0 aliphatic rings. The third-order valence-corrected chi connectivity index (χ3v) is 3.36. The highest BCUT2D eigenvalue weighted by Gasteiger charge is 2.14. The van der Waals surface area contributed by atoms with Gasteiger partial charge in [0.25, 0.3) is 0 Å². The minimum atomic E-state index is -0.953. The molecule has 2 aromatic carbocycles. The van der Waals surface area contributed by atoms with E-state index in [9.17, 15) is 9.59 Å². The molecule has 0 amide bonds. The fourth-order valence-corrected chi connectivity index (χ4v) is 2.41. The van der Waals surface area contributed by atoms with Crippen molar-refractivity contribution in [2.75, 3.05) is 0 Å². The molecule has 3 rings (SSSR count). The van der Waals surface area contributed by atoms with Crippen LogP contribution < -0.4 is 5.43 Å². The molecular formula is C16H12O4. The Bertz CT molecular complexity index is 890. The van der Waals surface area contributed by atoms with E-state index in [1.165, 1.54) is 0 Å². The van der Waals surface area contributed by atoms with Crippen LogP contribution in [0.25, 0.3) is 21.9 Å². The van der Waals surface area contributed by atoms with Crippen molar-refractivity contribution in [1.82, 2.24) is 0 Å². The summed E-state index contributed by atoms with van der Waals surface area (Å²) in [4.78, 5) is 23.5. The van der Waals surface area contributed by atoms with E-state index >= 15 is 0 Å². The first kappa shape index (κ1) is 12.4. The number of rotatable bonds is 2. The average Bonchev–Trinajstić information content (AvgIpc) is 2.42. The Morgan fingerprint density at radius 1 is 1.20 bits per heavy atom. The van der Waals surface area contributed by atoms with Gasteiger partial charge in [-0.25, -0.2) is 0 Å². The smallest absolute Gasteiger partial charge is 0.307 e. The number of hydrogen-bond donors (Lipinski definition) is 1. The standard InChI is InChI=1S/C16H12O4/c1-9-6-7-10(8-13(17)18)16-14(9)15(19)11-4-2-3-5-12(11)20-16/h2-7H,8H2,1H3,(H,17,18). The van der Waals surface area contributed by atoms with Crippen molar-refractivity contribution in [1.29, 1.82) is 0 Å². The van der Waals surface area contributed by atoms with Crippen molar-refractivity contribution in [2.45, 2.75) is 13.3 Å². The molecule has 100 valence electrons. The van der Waals surface area contributed by atoms with Gasteiger partial charge in [-0.3, -0.25) is 9.59 Å². The summed E-state index contributed by atoms with van der Waals surface area (Å²) in [6.07, 6.45) is -0.169. The van der Waals surface area contributed by atoms with Gasteiger partial charge < -0.3 is 9.52 Å². The number of carbonyl (C=O) groups is 1. The van der Waals surface area contributed by atoms with Crippen molar-refractivity contribution in [3.63, 3.8) is 0 Å². The highest BCUT2D eigenvalue weighted by Crippen LogP contribution is 2.24. The molecule has 4 nitrogen and oxygen atoms in total. The molecule has 0 saturated carbocycles. The van der Waals surface area contributed by atoms with Gasteiger partial charge in [0, 0.05) is 5.56 Å². The minimum absolute atomic E-state index is 0.119. The summed E-state index contributed by atoms with van der Waals surface area (Å²) in [5.41, 5.74) is 2.03. The van der Waals surface area contributed by atoms with E-state index in [1.807, 2.05) is 6.92 Å². The van der Waals surface area contributed by atoms with Crippen LogP contribution in [0.4, 0.5) is 0 Å². The third-order valence-electron chi connectivity index (χ3n) is 3.36.